The van der Waals surface area contributed by atoms with Crippen LogP contribution in [0.15, 0.2) is 35.1 Å². The molecule has 1 aromatic carbocycles. The van der Waals surface area contributed by atoms with Crippen molar-refractivity contribution in [1.29, 1.82) is 0 Å². The molecule has 18 heavy (non-hydrogen) atoms. The first-order valence-electron chi connectivity index (χ1n) is 4.99. The molecule has 0 spiro atoms. The molecule has 0 aliphatic rings. The maximum absolute atomic E-state index is 12.0. The van der Waals surface area contributed by atoms with E-state index >= 15 is 0 Å². The maximum atomic E-state index is 12.0. The fourth-order valence-corrected chi connectivity index (χ4v) is 1.67. The largest absolute Gasteiger partial charge is 0.496 e. The van der Waals surface area contributed by atoms with Gasteiger partial charge in [0.1, 0.15) is 5.75 Å². The summed E-state index contributed by atoms with van der Waals surface area (Å²) in [5.74, 6) is 0.255. The van der Waals surface area contributed by atoms with Crippen LogP contribution in [0.4, 0.5) is 5.95 Å². The number of methoxy groups -OCH3 is 1. The summed E-state index contributed by atoms with van der Waals surface area (Å²) in [5.41, 5.74) is 0.396. The lowest BCUT2D eigenvalue weighted by molar-refractivity contribution is 0.102. The molecule has 0 bridgehead atoms. The van der Waals surface area contributed by atoms with E-state index in [0.29, 0.717) is 11.3 Å². The zero-order chi connectivity index (χ0) is 13.0. The summed E-state index contributed by atoms with van der Waals surface area (Å²) in [6.07, 6.45) is 2.87. The van der Waals surface area contributed by atoms with Gasteiger partial charge in [-0.3, -0.25) is 10.1 Å². The van der Waals surface area contributed by atoms with Crippen LogP contribution in [0.1, 0.15) is 10.4 Å². The highest BCUT2D eigenvalue weighted by Gasteiger charge is 2.13. The molecule has 0 aliphatic heterocycles. The Hall–Kier alpha value is -2.02. The van der Waals surface area contributed by atoms with Crippen molar-refractivity contribution in [1.82, 2.24) is 15.2 Å². The van der Waals surface area contributed by atoms with Crippen molar-refractivity contribution < 1.29 is 9.53 Å². The zero-order valence-corrected chi connectivity index (χ0v) is 11.0. The lowest BCUT2D eigenvalue weighted by Gasteiger charge is -2.08. The molecule has 0 aliphatic carbocycles. The summed E-state index contributed by atoms with van der Waals surface area (Å²) in [4.78, 5) is 15.9. The highest BCUT2D eigenvalue weighted by molar-refractivity contribution is 9.10. The van der Waals surface area contributed by atoms with Crippen LogP contribution in [0.2, 0.25) is 0 Å². The van der Waals surface area contributed by atoms with Gasteiger partial charge in [-0.15, -0.1) is 5.10 Å². The molecule has 0 atom stereocenters. The van der Waals surface area contributed by atoms with Gasteiger partial charge in [0.15, 0.2) is 0 Å². The van der Waals surface area contributed by atoms with E-state index in [2.05, 4.69) is 36.4 Å². The second kappa shape index (κ2) is 5.54. The fraction of sp³-hybridized carbons (Fsp3) is 0.0909. The molecule has 2 rings (SSSR count). The Morgan fingerprint density at radius 3 is 2.89 bits per heavy atom. The Bertz CT molecular complexity index is 562. The molecule has 0 saturated carbocycles. The number of halogens is 1. The molecule has 1 aromatic heterocycles. The van der Waals surface area contributed by atoms with E-state index in [9.17, 15) is 4.79 Å². The van der Waals surface area contributed by atoms with Gasteiger partial charge in [0.2, 0.25) is 5.95 Å². The molecule has 7 heteroatoms. The van der Waals surface area contributed by atoms with Crippen LogP contribution in [0, 0.1) is 0 Å². The van der Waals surface area contributed by atoms with Crippen molar-refractivity contribution in [2.24, 2.45) is 0 Å². The molecule has 2 aromatic rings. The van der Waals surface area contributed by atoms with E-state index in [1.807, 2.05) is 0 Å². The summed E-state index contributed by atoms with van der Waals surface area (Å²) in [6.45, 7) is 0. The molecule has 1 N–H and O–H groups in total. The van der Waals surface area contributed by atoms with Gasteiger partial charge >= 0.3 is 0 Å². The van der Waals surface area contributed by atoms with Crippen LogP contribution in [-0.2, 0) is 0 Å². The van der Waals surface area contributed by atoms with Gasteiger partial charge < -0.3 is 4.74 Å². The number of nitrogens with zero attached hydrogens (tertiary/aromatic N) is 3. The van der Waals surface area contributed by atoms with Crippen LogP contribution >= 0.6 is 15.9 Å². The SMILES string of the molecule is COc1cc(Br)ccc1C(=O)Nc1nccnn1. The van der Waals surface area contributed by atoms with Crippen molar-refractivity contribution in [3.05, 3.63) is 40.6 Å². The van der Waals surface area contributed by atoms with Gasteiger partial charge in [-0.2, -0.15) is 5.10 Å². The normalized spacial score (nSPS) is 9.89. The van der Waals surface area contributed by atoms with E-state index in [1.165, 1.54) is 19.5 Å². The number of amides is 1. The number of rotatable bonds is 3. The lowest BCUT2D eigenvalue weighted by atomic mass is 10.2. The topological polar surface area (TPSA) is 77.0 Å². The Balaban J connectivity index is 2.24. The molecule has 0 unspecified atom stereocenters. The van der Waals surface area contributed by atoms with E-state index in [0.717, 1.165) is 4.47 Å². The fourth-order valence-electron chi connectivity index (χ4n) is 1.33. The molecular weight excluding hydrogens is 300 g/mol. The molecule has 0 radical (unpaired) electrons. The Morgan fingerprint density at radius 2 is 2.22 bits per heavy atom. The molecular formula is C11H9BrN4O2. The number of nitrogens with one attached hydrogen (secondary N) is 1. The summed E-state index contributed by atoms with van der Waals surface area (Å²) < 4.78 is 5.97. The summed E-state index contributed by atoms with van der Waals surface area (Å²) in [5, 5.41) is 9.83. The first-order chi connectivity index (χ1) is 8.70. The summed E-state index contributed by atoms with van der Waals surface area (Å²) in [6, 6.07) is 5.11. The molecule has 6 nitrogen and oxygen atoms in total. The van der Waals surface area contributed by atoms with Crippen molar-refractivity contribution in [3.8, 4) is 5.75 Å². The van der Waals surface area contributed by atoms with Crippen LogP contribution in [-0.4, -0.2) is 28.2 Å². The third kappa shape index (κ3) is 2.80. The summed E-state index contributed by atoms with van der Waals surface area (Å²) in [7, 11) is 1.50. The quantitative estimate of drug-likeness (QED) is 0.937. The number of aromatic nitrogens is 3. The molecule has 1 heterocycles. The predicted molar refractivity (Wildman–Crippen MR) is 68.5 cm³/mol. The minimum absolute atomic E-state index is 0.146. The van der Waals surface area contributed by atoms with Gasteiger partial charge in [-0.1, -0.05) is 15.9 Å². The van der Waals surface area contributed by atoms with Gasteiger partial charge in [0.05, 0.1) is 25.1 Å². The average molecular weight is 309 g/mol. The highest BCUT2D eigenvalue weighted by atomic mass is 79.9. The van der Waals surface area contributed by atoms with Crippen molar-refractivity contribution in [2.75, 3.05) is 12.4 Å². The van der Waals surface area contributed by atoms with E-state index in [1.54, 1.807) is 18.2 Å². The maximum Gasteiger partial charge on any atom is 0.261 e. The van der Waals surface area contributed by atoms with Gasteiger partial charge in [-0.05, 0) is 18.2 Å². The number of hydrogen-bond donors (Lipinski definition) is 1. The minimum Gasteiger partial charge on any atom is -0.496 e. The smallest absolute Gasteiger partial charge is 0.261 e. The van der Waals surface area contributed by atoms with Crippen LogP contribution in [0.3, 0.4) is 0 Å². The average Bonchev–Trinajstić information content (AvgIpc) is 2.39. The van der Waals surface area contributed by atoms with E-state index in [-0.39, 0.29) is 11.9 Å². The third-order valence-corrected chi connectivity index (χ3v) is 2.61. The monoisotopic (exact) mass is 308 g/mol. The van der Waals surface area contributed by atoms with Crippen LogP contribution < -0.4 is 10.1 Å². The Morgan fingerprint density at radius 1 is 1.39 bits per heavy atom. The minimum atomic E-state index is -0.354. The van der Waals surface area contributed by atoms with Crippen LogP contribution in [0.25, 0.3) is 0 Å². The number of anilines is 1. The number of hydrogen-bond acceptors (Lipinski definition) is 5. The number of benzene rings is 1. The predicted octanol–water partition coefficient (Wildman–Crippen LogP) is 1.89. The first kappa shape index (κ1) is 12.4. The number of ether oxygens (including phenoxy) is 1. The second-order valence-corrected chi connectivity index (χ2v) is 4.18. The number of carbonyl (C=O) groups excluding carboxylic acids is 1. The zero-order valence-electron chi connectivity index (χ0n) is 9.42. The molecule has 92 valence electrons. The Labute approximate surface area is 112 Å². The van der Waals surface area contributed by atoms with E-state index < -0.39 is 0 Å². The van der Waals surface area contributed by atoms with Crippen molar-refractivity contribution in [2.45, 2.75) is 0 Å². The van der Waals surface area contributed by atoms with Gasteiger partial charge in [0.25, 0.3) is 5.91 Å². The third-order valence-electron chi connectivity index (χ3n) is 2.12. The first-order valence-corrected chi connectivity index (χ1v) is 5.78. The standard InChI is InChI=1S/C11H9BrN4O2/c1-18-9-6-7(12)2-3-8(9)10(17)15-11-13-4-5-14-16-11/h2-6H,1H3,(H,13,15,16,17). The van der Waals surface area contributed by atoms with Gasteiger partial charge in [0, 0.05) is 4.47 Å². The Kier molecular flexibility index (Phi) is 3.83. The lowest BCUT2D eigenvalue weighted by Crippen LogP contribution is -2.15. The number of carbonyl (C=O) groups is 1. The molecule has 0 fully saturated rings. The van der Waals surface area contributed by atoms with Gasteiger partial charge in [-0.25, -0.2) is 4.98 Å². The van der Waals surface area contributed by atoms with Crippen molar-refractivity contribution >= 4 is 27.8 Å². The van der Waals surface area contributed by atoms with Crippen molar-refractivity contribution in [3.63, 3.8) is 0 Å². The molecule has 0 saturated heterocycles. The van der Waals surface area contributed by atoms with Crippen LogP contribution in [0.5, 0.6) is 5.75 Å². The molecule has 1 amide bonds. The van der Waals surface area contributed by atoms with E-state index in [4.69, 9.17) is 4.74 Å². The summed E-state index contributed by atoms with van der Waals surface area (Å²) >= 11 is 3.31. The second-order valence-electron chi connectivity index (χ2n) is 3.27. The highest BCUT2D eigenvalue weighted by Crippen LogP contribution is 2.23.